The lowest BCUT2D eigenvalue weighted by molar-refractivity contribution is -0.114. The number of likely N-dealkylation sites (N-methyl/N-ethyl adjacent to an activating group) is 1. The molecule has 4 aromatic rings. The fourth-order valence-electron chi connectivity index (χ4n) is 3.58. The van der Waals surface area contributed by atoms with Crippen molar-refractivity contribution in [3.8, 4) is 17.2 Å². The Morgan fingerprint density at radius 2 is 1.80 bits per heavy atom. The van der Waals surface area contributed by atoms with Gasteiger partial charge >= 0.3 is 0 Å². The van der Waals surface area contributed by atoms with E-state index in [9.17, 15) is 14.0 Å². The summed E-state index contributed by atoms with van der Waals surface area (Å²) in [6.07, 6.45) is 3.05. The van der Waals surface area contributed by atoms with E-state index in [0.717, 1.165) is 0 Å². The number of anilines is 4. The second kappa shape index (κ2) is 13.6. The molecule has 3 N–H and O–H groups in total. The molecule has 0 bridgehead atoms. The van der Waals surface area contributed by atoms with Crippen LogP contribution < -0.4 is 25.4 Å². The highest BCUT2D eigenvalue weighted by molar-refractivity contribution is 6.32. The maximum atomic E-state index is 13.9. The molecular weight excluding hydrogens is 551 g/mol. The lowest BCUT2D eigenvalue weighted by Crippen LogP contribution is -2.20. The molecule has 0 atom stereocenters. The number of rotatable bonds is 11. The van der Waals surface area contributed by atoms with Crippen LogP contribution in [-0.2, 0) is 4.79 Å². The van der Waals surface area contributed by atoms with Gasteiger partial charge in [-0.05, 0) is 62.6 Å². The number of nitrogens with one attached hydrogen (secondary N) is 3. The zero-order chi connectivity index (χ0) is 29.4. The number of halogens is 2. The number of amides is 2. The molecule has 0 unspecified atom stereocenters. The molecule has 0 fully saturated rings. The van der Waals surface area contributed by atoms with Crippen molar-refractivity contribution < 1.29 is 23.5 Å². The third kappa shape index (κ3) is 8.37. The molecule has 2 amide bonds. The third-order valence-corrected chi connectivity index (χ3v) is 5.79. The van der Waals surface area contributed by atoms with Gasteiger partial charge in [-0.25, -0.2) is 14.4 Å². The van der Waals surface area contributed by atoms with E-state index in [2.05, 4.69) is 25.9 Å². The molecule has 2 heterocycles. The van der Waals surface area contributed by atoms with Gasteiger partial charge < -0.3 is 30.3 Å². The maximum absolute atomic E-state index is 13.9. The average molecular weight is 579 g/mol. The van der Waals surface area contributed by atoms with Gasteiger partial charge in [-0.15, -0.1) is 0 Å². The van der Waals surface area contributed by atoms with Crippen molar-refractivity contribution in [2.45, 2.75) is 6.92 Å². The number of ether oxygens (including phenoxy) is 2. The zero-order valence-electron chi connectivity index (χ0n) is 22.6. The smallest absolute Gasteiger partial charge is 0.259 e. The van der Waals surface area contributed by atoms with Gasteiger partial charge in [0.05, 0.1) is 16.3 Å². The van der Waals surface area contributed by atoms with E-state index in [1.165, 1.54) is 31.3 Å². The van der Waals surface area contributed by atoms with Crippen molar-refractivity contribution in [3.05, 3.63) is 89.5 Å². The molecule has 0 aliphatic carbocycles. The van der Waals surface area contributed by atoms with Crippen LogP contribution in [0.25, 0.3) is 0 Å². The van der Waals surface area contributed by atoms with E-state index >= 15 is 0 Å². The first-order valence-corrected chi connectivity index (χ1v) is 12.9. The summed E-state index contributed by atoms with van der Waals surface area (Å²) in [4.78, 5) is 34.8. The van der Waals surface area contributed by atoms with Crippen molar-refractivity contribution in [1.29, 1.82) is 0 Å². The molecule has 212 valence electrons. The van der Waals surface area contributed by atoms with Gasteiger partial charge in [-0.2, -0.15) is 0 Å². The van der Waals surface area contributed by atoms with E-state index in [4.69, 9.17) is 21.1 Å². The first-order valence-electron chi connectivity index (χ1n) is 12.5. The number of aromatic nitrogens is 2. The van der Waals surface area contributed by atoms with Crippen LogP contribution in [0.4, 0.5) is 27.4 Å². The molecule has 2 aromatic heterocycles. The molecule has 0 radical (unpaired) electrons. The number of pyridine rings is 2. The van der Waals surface area contributed by atoms with Gasteiger partial charge in [0.2, 0.25) is 5.91 Å². The Kier molecular flexibility index (Phi) is 9.67. The summed E-state index contributed by atoms with van der Waals surface area (Å²) in [5.74, 6) is 0.447. The highest BCUT2D eigenvalue weighted by Gasteiger charge is 2.16. The monoisotopic (exact) mass is 578 g/mol. The largest absolute Gasteiger partial charge is 0.490 e. The van der Waals surface area contributed by atoms with Crippen molar-refractivity contribution in [2.75, 3.05) is 43.2 Å². The molecule has 41 heavy (non-hydrogen) atoms. The normalized spacial score (nSPS) is 10.7. The lowest BCUT2D eigenvalue weighted by atomic mass is 10.2. The van der Waals surface area contributed by atoms with Gasteiger partial charge in [0.25, 0.3) is 5.91 Å². The summed E-state index contributed by atoms with van der Waals surface area (Å²) in [6, 6.07) is 15.4. The Bertz CT molecular complexity index is 1550. The van der Waals surface area contributed by atoms with Crippen LogP contribution in [0.2, 0.25) is 5.02 Å². The van der Waals surface area contributed by atoms with Crippen LogP contribution in [0.3, 0.4) is 0 Å². The van der Waals surface area contributed by atoms with Crippen molar-refractivity contribution >= 4 is 46.4 Å². The third-order valence-electron chi connectivity index (χ3n) is 5.50. The Balaban J connectivity index is 1.48. The van der Waals surface area contributed by atoms with Gasteiger partial charge in [-0.1, -0.05) is 11.6 Å². The summed E-state index contributed by atoms with van der Waals surface area (Å²) in [7, 11) is 3.79. The molecule has 12 heteroatoms. The number of hydrogen-bond acceptors (Lipinski definition) is 8. The van der Waals surface area contributed by atoms with Crippen molar-refractivity contribution in [2.24, 2.45) is 0 Å². The fourth-order valence-corrected chi connectivity index (χ4v) is 3.80. The number of nitrogens with zero attached hydrogens (tertiary/aromatic N) is 3. The van der Waals surface area contributed by atoms with Gasteiger partial charge in [0, 0.05) is 43.7 Å². The highest BCUT2D eigenvalue weighted by Crippen LogP contribution is 2.33. The lowest BCUT2D eigenvalue weighted by Gasteiger charge is -2.16. The number of hydrogen-bond donors (Lipinski definition) is 3. The minimum Gasteiger partial charge on any atom is -0.490 e. The fraction of sp³-hybridized carbons (Fsp3) is 0.172. The molecule has 10 nitrogen and oxygen atoms in total. The number of benzene rings is 2. The number of carbonyl (C=O) groups excluding carboxylic acids is 2. The Hall–Kier alpha value is -4.74. The standard InChI is InChI=1S/C29H28ClFN6O4/c1-18(38)34-27-17-21(10-12-32-27)41-25-9-7-20(16-23(25)30)35-28-22(5-4-11-33-28)29(39)36-24-8-6-19(31)15-26(24)40-14-13-37(2)3/h4-12,15-17H,13-14H2,1-3H3,(H,33,35)(H,36,39)(H,32,34,38). The van der Waals surface area contributed by atoms with E-state index in [1.54, 1.807) is 48.7 Å². The van der Waals surface area contributed by atoms with Crippen LogP contribution >= 0.6 is 11.6 Å². The minimum atomic E-state index is -0.479. The Morgan fingerprint density at radius 1 is 0.976 bits per heavy atom. The minimum absolute atomic E-state index is 0.222. The van der Waals surface area contributed by atoms with E-state index in [1.807, 2.05) is 19.0 Å². The first kappa shape index (κ1) is 29.2. The van der Waals surface area contributed by atoms with Crippen LogP contribution in [0.1, 0.15) is 17.3 Å². The SMILES string of the molecule is CC(=O)Nc1cc(Oc2ccc(Nc3ncccc3C(=O)Nc3ccc(F)cc3OCCN(C)C)cc2Cl)ccn1. The van der Waals surface area contributed by atoms with Crippen molar-refractivity contribution in [3.63, 3.8) is 0 Å². The zero-order valence-corrected chi connectivity index (χ0v) is 23.3. The summed E-state index contributed by atoms with van der Waals surface area (Å²) in [5.41, 5.74) is 1.13. The molecule has 0 aliphatic rings. The number of carbonyl (C=O) groups is 2. The molecule has 0 aliphatic heterocycles. The second-order valence-corrected chi connectivity index (χ2v) is 9.48. The topological polar surface area (TPSA) is 118 Å². The van der Waals surface area contributed by atoms with Gasteiger partial charge in [0.15, 0.2) is 0 Å². The summed E-state index contributed by atoms with van der Waals surface area (Å²) < 4.78 is 25.4. The Labute approximate surface area is 241 Å². The van der Waals surface area contributed by atoms with Gasteiger partial charge in [-0.3, -0.25) is 9.59 Å². The van der Waals surface area contributed by atoms with Crippen LogP contribution in [0.15, 0.2) is 73.1 Å². The first-order chi connectivity index (χ1) is 19.7. The summed E-state index contributed by atoms with van der Waals surface area (Å²) >= 11 is 6.47. The summed E-state index contributed by atoms with van der Waals surface area (Å²) in [6.45, 7) is 2.32. The predicted molar refractivity (Wildman–Crippen MR) is 156 cm³/mol. The van der Waals surface area contributed by atoms with Crippen LogP contribution in [0, 0.1) is 5.82 Å². The van der Waals surface area contributed by atoms with Crippen molar-refractivity contribution in [1.82, 2.24) is 14.9 Å². The average Bonchev–Trinajstić information content (AvgIpc) is 2.91. The van der Waals surface area contributed by atoms with E-state index < -0.39 is 11.7 Å². The maximum Gasteiger partial charge on any atom is 0.259 e. The van der Waals surface area contributed by atoms with Gasteiger partial charge in [0.1, 0.15) is 41.3 Å². The van der Waals surface area contributed by atoms with Crippen LogP contribution in [0.5, 0.6) is 17.2 Å². The molecule has 0 saturated heterocycles. The summed E-state index contributed by atoms with van der Waals surface area (Å²) in [5, 5.41) is 8.77. The molecule has 0 spiro atoms. The molecule has 2 aromatic carbocycles. The molecular formula is C29H28ClFN6O4. The second-order valence-electron chi connectivity index (χ2n) is 9.08. The van der Waals surface area contributed by atoms with E-state index in [0.29, 0.717) is 46.9 Å². The predicted octanol–water partition coefficient (Wildman–Crippen LogP) is 5.96. The van der Waals surface area contributed by atoms with E-state index in [-0.39, 0.29) is 23.0 Å². The molecule has 0 saturated carbocycles. The molecule has 4 rings (SSSR count). The quantitative estimate of drug-likeness (QED) is 0.200. The Morgan fingerprint density at radius 3 is 2.56 bits per heavy atom. The van der Waals surface area contributed by atoms with Crippen LogP contribution in [-0.4, -0.2) is 53.9 Å². The highest BCUT2D eigenvalue weighted by atomic mass is 35.5.